The zero-order valence-electron chi connectivity index (χ0n) is 7.59. The number of hydrogen-bond acceptors (Lipinski definition) is 3. The molecular weight excluding hydrogens is 146 g/mol. The lowest BCUT2D eigenvalue weighted by Gasteiger charge is -2.20. The maximum atomic E-state index is 10.3. The number of hydroxylamine groups is 3. The highest BCUT2D eigenvalue weighted by Crippen LogP contribution is 1.91. The van der Waals surface area contributed by atoms with E-state index in [1.807, 2.05) is 21.1 Å². The molecule has 0 unspecified atom stereocenters. The van der Waals surface area contributed by atoms with Crippen LogP contribution in [-0.2, 0) is 14.4 Å². The van der Waals surface area contributed by atoms with Crippen LogP contribution in [0.3, 0.4) is 0 Å². The number of esters is 1. The molecular formula is C7H16NO3+. The van der Waals surface area contributed by atoms with Crippen molar-refractivity contribution in [3.63, 3.8) is 0 Å². The summed E-state index contributed by atoms with van der Waals surface area (Å²) < 4.78 is 5.08. The highest BCUT2D eigenvalue weighted by Gasteiger charge is 2.07. The van der Waals surface area contributed by atoms with Gasteiger partial charge in [-0.2, -0.15) is 4.65 Å². The van der Waals surface area contributed by atoms with E-state index in [0.29, 0.717) is 17.9 Å². The van der Waals surface area contributed by atoms with Gasteiger partial charge in [0, 0.05) is 6.92 Å². The molecule has 0 atom stereocenters. The van der Waals surface area contributed by atoms with Gasteiger partial charge in [-0.3, -0.25) is 4.79 Å². The fraction of sp³-hybridized carbons (Fsp3) is 0.857. The molecule has 0 aliphatic heterocycles. The first-order chi connectivity index (χ1) is 4.92. The molecule has 0 fully saturated rings. The molecule has 0 aromatic rings. The minimum atomic E-state index is -0.269. The number of ether oxygens (including phenoxy) is 1. The molecule has 66 valence electrons. The number of rotatable bonds is 4. The second kappa shape index (κ2) is 4.31. The third-order valence-electron chi connectivity index (χ3n) is 0.867. The second-order valence-corrected chi connectivity index (χ2v) is 3.06. The second-order valence-electron chi connectivity index (χ2n) is 3.06. The van der Waals surface area contributed by atoms with Crippen LogP contribution in [0, 0.1) is 0 Å². The first kappa shape index (κ1) is 10.4. The number of carbonyl (C=O) groups is 1. The number of quaternary nitrogens is 1. The topological polar surface area (TPSA) is 35.5 Å². The normalized spacial score (nSPS) is 11.3. The molecule has 0 saturated heterocycles. The van der Waals surface area contributed by atoms with Crippen LogP contribution in [-0.4, -0.2) is 45.0 Å². The van der Waals surface area contributed by atoms with Crippen LogP contribution >= 0.6 is 0 Å². The highest BCUT2D eigenvalue weighted by molar-refractivity contribution is 5.65. The maximum Gasteiger partial charge on any atom is 0.302 e. The minimum absolute atomic E-state index is 0.269. The number of nitrogens with zero attached hydrogens (tertiary/aromatic N) is 1. The van der Waals surface area contributed by atoms with Crippen molar-refractivity contribution in [2.75, 3.05) is 34.4 Å². The van der Waals surface area contributed by atoms with E-state index in [9.17, 15) is 4.79 Å². The van der Waals surface area contributed by atoms with E-state index in [1.54, 1.807) is 0 Å². The summed E-state index contributed by atoms with van der Waals surface area (Å²) in [6, 6.07) is 0. The summed E-state index contributed by atoms with van der Waals surface area (Å²) in [5.74, 6) is -0.269. The Labute approximate surface area is 67.2 Å². The van der Waals surface area contributed by atoms with Gasteiger partial charge < -0.3 is 4.74 Å². The van der Waals surface area contributed by atoms with Gasteiger partial charge in [0.1, 0.15) is 13.2 Å². The lowest BCUT2D eigenvalue weighted by atomic mass is 10.7. The van der Waals surface area contributed by atoms with E-state index >= 15 is 0 Å². The largest absolute Gasteiger partial charge is 0.463 e. The molecule has 0 amide bonds. The van der Waals surface area contributed by atoms with Crippen LogP contribution in [0.25, 0.3) is 0 Å². The van der Waals surface area contributed by atoms with Gasteiger partial charge in [-0.05, 0) is 0 Å². The molecule has 0 radical (unpaired) electrons. The average Bonchev–Trinajstić information content (AvgIpc) is 1.78. The zero-order valence-corrected chi connectivity index (χ0v) is 7.59. The molecule has 0 heterocycles. The molecule has 0 rings (SSSR count). The van der Waals surface area contributed by atoms with Crippen LogP contribution in [0.1, 0.15) is 6.92 Å². The molecule has 4 heteroatoms. The van der Waals surface area contributed by atoms with Gasteiger partial charge in [-0.1, -0.05) is 0 Å². The molecule has 0 aliphatic carbocycles. The zero-order chi connectivity index (χ0) is 8.91. The molecule has 0 aliphatic rings. The molecule has 0 aromatic carbocycles. The molecule has 4 nitrogen and oxygen atoms in total. The van der Waals surface area contributed by atoms with E-state index in [4.69, 9.17) is 4.84 Å². The van der Waals surface area contributed by atoms with E-state index in [0.717, 1.165) is 0 Å². The van der Waals surface area contributed by atoms with Crippen molar-refractivity contribution in [2.24, 2.45) is 0 Å². The summed E-state index contributed by atoms with van der Waals surface area (Å²) in [4.78, 5) is 15.5. The van der Waals surface area contributed by atoms with Crippen molar-refractivity contribution in [3.8, 4) is 0 Å². The van der Waals surface area contributed by atoms with Crippen molar-refractivity contribution in [1.82, 2.24) is 0 Å². The average molecular weight is 162 g/mol. The molecule has 0 saturated carbocycles. The van der Waals surface area contributed by atoms with Gasteiger partial charge >= 0.3 is 5.97 Å². The number of hydrogen-bond donors (Lipinski definition) is 0. The maximum absolute atomic E-state index is 10.3. The molecule has 0 bridgehead atoms. The predicted molar refractivity (Wildman–Crippen MR) is 40.6 cm³/mol. The summed E-state index contributed by atoms with van der Waals surface area (Å²) in [5, 5.41) is 0. The fourth-order valence-corrected chi connectivity index (χ4v) is 0.497. The third kappa shape index (κ3) is 9.39. The number of carbonyl (C=O) groups excluding carboxylic acids is 1. The monoisotopic (exact) mass is 162 g/mol. The Balaban J connectivity index is 3.22. The van der Waals surface area contributed by atoms with Crippen molar-refractivity contribution >= 4 is 5.97 Å². The van der Waals surface area contributed by atoms with Gasteiger partial charge in [-0.15, -0.1) is 0 Å². The fourth-order valence-electron chi connectivity index (χ4n) is 0.497. The van der Waals surface area contributed by atoms with Crippen molar-refractivity contribution in [1.29, 1.82) is 0 Å². The summed E-state index contributed by atoms with van der Waals surface area (Å²) in [7, 11) is 5.69. The molecule has 0 aromatic heterocycles. The van der Waals surface area contributed by atoms with E-state index in [2.05, 4.69) is 4.74 Å². The Morgan fingerprint density at radius 1 is 1.27 bits per heavy atom. The highest BCUT2D eigenvalue weighted by atomic mass is 16.7. The van der Waals surface area contributed by atoms with E-state index < -0.39 is 0 Å². The Bertz CT molecular complexity index is 128. The summed E-state index contributed by atoms with van der Waals surface area (Å²) in [5.41, 5.74) is 0. The van der Waals surface area contributed by atoms with Crippen molar-refractivity contribution in [3.05, 3.63) is 0 Å². The Kier molecular flexibility index (Phi) is 4.07. The predicted octanol–water partition coefficient (Wildman–Crippen LogP) is 0.187. The Morgan fingerprint density at radius 2 is 1.82 bits per heavy atom. The first-order valence-electron chi connectivity index (χ1n) is 3.51. The SMILES string of the molecule is CC(=O)OCCO[N+](C)(C)C. The Hall–Kier alpha value is -0.610. The smallest absolute Gasteiger partial charge is 0.302 e. The van der Waals surface area contributed by atoms with Gasteiger partial charge in [0.15, 0.2) is 0 Å². The van der Waals surface area contributed by atoms with Gasteiger partial charge in [0.25, 0.3) is 0 Å². The minimum Gasteiger partial charge on any atom is -0.463 e. The van der Waals surface area contributed by atoms with Crippen molar-refractivity contribution in [2.45, 2.75) is 6.92 Å². The summed E-state index contributed by atoms with van der Waals surface area (Å²) in [6.07, 6.45) is 0. The Morgan fingerprint density at radius 3 is 2.18 bits per heavy atom. The molecule has 11 heavy (non-hydrogen) atoms. The molecule has 0 spiro atoms. The van der Waals surface area contributed by atoms with Crippen LogP contribution in [0.4, 0.5) is 0 Å². The van der Waals surface area contributed by atoms with Crippen LogP contribution in [0.5, 0.6) is 0 Å². The summed E-state index contributed by atoms with van der Waals surface area (Å²) >= 11 is 0. The van der Waals surface area contributed by atoms with Crippen molar-refractivity contribution < 1.29 is 19.0 Å². The van der Waals surface area contributed by atoms with Gasteiger partial charge in [0.2, 0.25) is 0 Å². The quantitative estimate of drug-likeness (QED) is 0.256. The van der Waals surface area contributed by atoms with E-state index in [1.165, 1.54) is 6.92 Å². The van der Waals surface area contributed by atoms with Gasteiger partial charge in [0.05, 0.1) is 21.1 Å². The molecule has 0 N–H and O–H groups in total. The lowest BCUT2D eigenvalue weighted by molar-refractivity contribution is -1.06. The van der Waals surface area contributed by atoms with Crippen LogP contribution < -0.4 is 0 Å². The summed E-state index contributed by atoms with van der Waals surface area (Å²) in [6.45, 7) is 2.14. The lowest BCUT2D eigenvalue weighted by Crippen LogP contribution is -2.35. The van der Waals surface area contributed by atoms with Crippen LogP contribution in [0.15, 0.2) is 0 Å². The van der Waals surface area contributed by atoms with Gasteiger partial charge in [-0.25, -0.2) is 4.84 Å². The van der Waals surface area contributed by atoms with E-state index in [-0.39, 0.29) is 5.97 Å². The standard InChI is InChI=1S/C7H16NO3/c1-7(9)10-5-6-11-8(2,3)4/h5-6H2,1-4H3/q+1. The van der Waals surface area contributed by atoms with Crippen LogP contribution in [0.2, 0.25) is 0 Å². The first-order valence-corrected chi connectivity index (χ1v) is 3.51. The third-order valence-corrected chi connectivity index (χ3v) is 0.867.